The van der Waals surface area contributed by atoms with Crippen LogP contribution in [0.2, 0.25) is 0 Å². The Morgan fingerprint density at radius 1 is 1.25 bits per heavy atom. The molecule has 1 fully saturated rings. The molecule has 16 heavy (non-hydrogen) atoms. The molecule has 0 saturated carbocycles. The van der Waals surface area contributed by atoms with E-state index in [0.717, 1.165) is 13.1 Å². The molecule has 0 N–H and O–H groups in total. The molecule has 1 saturated heterocycles. The van der Waals surface area contributed by atoms with Gasteiger partial charge in [-0.25, -0.2) is 0 Å². The van der Waals surface area contributed by atoms with Crippen molar-refractivity contribution in [2.24, 2.45) is 5.10 Å². The van der Waals surface area contributed by atoms with Crippen molar-refractivity contribution in [3.63, 3.8) is 0 Å². The maximum absolute atomic E-state index is 4.48. The largest absolute Gasteiger partial charge is 0.194 e. The SMILES string of the molecule is C1=NN(N2CCCC2)SC=C1c1cccs1. The third-order valence-electron chi connectivity index (χ3n) is 2.70. The van der Waals surface area contributed by atoms with Gasteiger partial charge in [0.2, 0.25) is 0 Å². The van der Waals surface area contributed by atoms with Gasteiger partial charge in [0.15, 0.2) is 0 Å². The molecule has 0 aliphatic carbocycles. The summed E-state index contributed by atoms with van der Waals surface area (Å²) in [5, 5.41) is 11.1. The fourth-order valence-electron chi connectivity index (χ4n) is 1.85. The van der Waals surface area contributed by atoms with E-state index in [-0.39, 0.29) is 0 Å². The fourth-order valence-corrected chi connectivity index (χ4v) is 3.43. The van der Waals surface area contributed by atoms with Crippen LogP contribution in [-0.2, 0) is 0 Å². The van der Waals surface area contributed by atoms with Gasteiger partial charge in [-0.1, -0.05) is 6.07 Å². The quantitative estimate of drug-likeness (QED) is 0.753. The maximum Gasteiger partial charge on any atom is 0.0589 e. The summed E-state index contributed by atoms with van der Waals surface area (Å²) in [7, 11) is 0. The van der Waals surface area contributed by atoms with Crippen LogP contribution < -0.4 is 0 Å². The molecule has 0 spiro atoms. The Labute approximate surface area is 104 Å². The summed E-state index contributed by atoms with van der Waals surface area (Å²) < 4.78 is 2.00. The Balaban J connectivity index is 1.69. The molecule has 0 unspecified atom stereocenters. The first-order valence-corrected chi connectivity index (χ1v) is 7.15. The minimum atomic E-state index is 1.13. The third-order valence-corrected chi connectivity index (χ3v) is 4.49. The van der Waals surface area contributed by atoms with E-state index in [9.17, 15) is 0 Å². The fraction of sp³-hybridized carbons (Fsp3) is 0.364. The van der Waals surface area contributed by atoms with Gasteiger partial charge in [0.25, 0.3) is 0 Å². The molecule has 2 aliphatic heterocycles. The van der Waals surface area contributed by atoms with E-state index in [1.165, 1.54) is 23.3 Å². The average molecular weight is 251 g/mol. The highest BCUT2D eigenvalue weighted by Gasteiger charge is 2.20. The van der Waals surface area contributed by atoms with Crippen molar-refractivity contribution in [1.82, 2.24) is 9.53 Å². The van der Waals surface area contributed by atoms with Crippen molar-refractivity contribution in [2.75, 3.05) is 13.1 Å². The maximum atomic E-state index is 4.48. The molecular formula is C11H13N3S2. The van der Waals surface area contributed by atoms with E-state index in [1.807, 2.05) is 10.7 Å². The monoisotopic (exact) mass is 251 g/mol. The summed E-state index contributed by atoms with van der Waals surface area (Å²) >= 11 is 3.43. The van der Waals surface area contributed by atoms with Gasteiger partial charge in [-0.2, -0.15) is 14.6 Å². The van der Waals surface area contributed by atoms with Crippen LogP contribution in [-0.4, -0.2) is 28.8 Å². The summed E-state index contributed by atoms with van der Waals surface area (Å²) in [6.45, 7) is 2.26. The highest BCUT2D eigenvalue weighted by Crippen LogP contribution is 2.29. The molecular weight excluding hydrogens is 238 g/mol. The minimum Gasteiger partial charge on any atom is -0.194 e. The number of rotatable bonds is 2. The lowest BCUT2D eigenvalue weighted by Gasteiger charge is -2.27. The van der Waals surface area contributed by atoms with E-state index in [2.05, 4.69) is 33.0 Å². The lowest BCUT2D eigenvalue weighted by Crippen LogP contribution is -2.32. The van der Waals surface area contributed by atoms with Gasteiger partial charge in [-0.3, -0.25) is 0 Å². The summed E-state index contributed by atoms with van der Waals surface area (Å²) in [5.74, 6) is 0. The third kappa shape index (κ3) is 2.03. The van der Waals surface area contributed by atoms with Gasteiger partial charge in [0.1, 0.15) is 0 Å². The first-order chi connectivity index (χ1) is 7.93. The lowest BCUT2D eigenvalue weighted by atomic mass is 10.3. The van der Waals surface area contributed by atoms with E-state index in [1.54, 1.807) is 23.3 Å². The normalized spacial score (nSPS) is 21.5. The number of hydrogen-bond acceptors (Lipinski definition) is 5. The molecule has 1 aromatic heterocycles. The van der Waals surface area contributed by atoms with Crippen molar-refractivity contribution in [2.45, 2.75) is 12.8 Å². The van der Waals surface area contributed by atoms with Crippen molar-refractivity contribution in [3.05, 3.63) is 27.8 Å². The summed E-state index contributed by atoms with van der Waals surface area (Å²) in [5.41, 5.74) is 1.22. The highest BCUT2D eigenvalue weighted by molar-refractivity contribution is 8.00. The van der Waals surface area contributed by atoms with Crippen LogP contribution in [0.4, 0.5) is 0 Å². The Kier molecular flexibility index (Phi) is 2.99. The van der Waals surface area contributed by atoms with E-state index in [0.29, 0.717) is 0 Å². The van der Waals surface area contributed by atoms with Gasteiger partial charge in [0, 0.05) is 40.9 Å². The van der Waals surface area contributed by atoms with Gasteiger partial charge in [-0.15, -0.1) is 11.3 Å². The average Bonchev–Trinajstić information content (AvgIpc) is 3.03. The second-order valence-electron chi connectivity index (χ2n) is 3.81. The number of hydrazone groups is 1. The zero-order valence-corrected chi connectivity index (χ0v) is 10.5. The van der Waals surface area contributed by atoms with Crippen LogP contribution in [0.25, 0.3) is 5.57 Å². The van der Waals surface area contributed by atoms with Crippen LogP contribution >= 0.6 is 23.3 Å². The van der Waals surface area contributed by atoms with Gasteiger partial charge < -0.3 is 0 Å². The number of nitrogens with zero attached hydrogens (tertiary/aromatic N) is 3. The van der Waals surface area contributed by atoms with E-state index < -0.39 is 0 Å². The predicted octanol–water partition coefficient (Wildman–Crippen LogP) is 3.05. The molecule has 2 aliphatic rings. The minimum absolute atomic E-state index is 1.13. The predicted molar refractivity (Wildman–Crippen MR) is 71.0 cm³/mol. The van der Waals surface area contributed by atoms with Gasteiger partial charge in [0.05, 0.1) is 6.21 Å². The van der Waals surface area contributed by atoms with Crippen LogP contribution in [0, 0.1) is 0 Å². The molecule has 0 atom stereocenters. The van der Waals surface area contributed by atoms with Gasteiger partial charge >= 0.3 is 0 Å². The molecule has 84 valence electrons. The van der Waals surface area contributed by atoms with Crippen molar-refractivity contribution >= 4 is 35.1 Å². The molecule has 5 heteroatoms. The van der Waals surface area contributed by atoms with Gasteiger partial charge in [-0.05, 0) is 24.3 Å². The van der Waals surface area contributed by atoms with Crippen LogP contribution in [0.3, 0.4) is 0 Å². The van der Waals surface area contributed by atoms with Crippen LogP contribution in [0.15, 0.2) is 28.0 Å². The standard InChI is InChI=1S/C11H13N3S2/c1-2-6-13(5-1)14-12-8-10(9-16-14)11-4-3-7-15-11/h3-4,7-9H,1-2,5-6H2. The molecule has 0 radical (unpaired) electrons. The van der Waals surface area contributed by atoms with Crippen LogP contribution in [0.1, 0.15) is 17.7 Å². The Hall–Kier alpha value is -0.780. The Bertz CT molecular complexity index is 405. The summed E-state index contributed by atoms with van der Waals surface area (Å²) in [4.78, 5) is 1.29. The first kappa shape index (κ1) is 10.4. The number of allylic oxidation sites excluding steroid dienone is 1. The smallest absolute Gasteiger partial charge is 0.0589 e. The number of hydrogen-bond donors (Lipinski definition) is 0. The second kappa shape index (κ2) is 4.61. The molecule has 0 amide bonds. The van der Waals surface area contributed by atoms with Crippen molar-refractivity contribution < 1.29 is 0 Å². The second-order valence-corrected chi connectivity index (χ2v) is 5.53. The first-order valence-electron chi connectivity index (χ1n) is 5.43. The van der Waals surface area contributed by atoms with Crippen molar-refractivity contribution in [3.8, 4) is 0 Å². The highest BCUT2D eigenvalue weighted by atomic mass is 32.2. The van der Waals surface area contributed by atoms with Crippen molar-refractivity contribution in [1.29, 1.82) is 0 Å². The summed E-state index contributed by atoms with van der Waals surface area (Å²) in [6, 6.07) is 4.21. The molecule has 3 heterocycles. The number of thiophene rings is 1. The van der Waals surface area contributed by atoms with E-state index in [4.69, 9.17) is 0 Å². The topological polar surface area (TPSA) is 18.8 Å². The molecule has 3 nitrogen and oxygen atoms in total. The summed E-state index contributed by atoms with van der Waals surface area (Å²) in [6.07, 6.45) is 4.53. The molecule has 3 rings (SSSR count). The molecule has 0 bridgehead atoms. The zero-order valence-electron chi connectivity index (χ0n) is 8.87. The van der Waals surface area contributed by atoms with Crippen LogP contribution in [0.5, 0.6) is 0 Å². The number of hydrazine groups is 1. The zero-order chi connectivity index (χ0) is 10.8. The Morgan fingerprint density at radius 2 is 2.12 bits per heavy atom. The lowest BCUT2D eigenvalue weighted by molar-refractivity contribution is 0.110. The molecule has 1 aromatic rings. The Morgan fingerprint density at radius 3 is 2.75 bits per heavy atom. The van der Waals surface area contributed by atoms with E-state index >= 15 is 0 Å². The molecule has 0 aromatic carbocycles.